The van der Waals surface area contributed by atoms with Crippen molar-refractivity contribution in [2.24, 2.45) is 0 Å². The predicted molar refractivity (Wildman–Crippen MR) is 124 cm³/mol. The topological polar surface area (TPSA) is 55.4 Å². The van der Waals surface area contributed by atoms with E-state index in [1.807, 2.05) is 0 Å². The molecule has 0 aliphatic carbocycles. The van der Waals surface area contributed by atoms with Gasteiger partial charge in [-0.2, -0.15) is 0 Å². The van der Waals surface area contributed by atoms with E-state index in [1.54, 1.807) is 0 Å². The third-order valence-electron chi connectivity index (χ3n) is 2.37. The highest BCUT2D eigenvalue weighted by Crippen LogP contribution is 1.86. The summed E-state index contributed by atoms with van der Waals surface area (Å²) in [6.07, 6.45) is 0. The standard InChI is InChI=1S/C8H16Cl2O3.C8H16I2O3/c2*9-1-3-11-5-7-13-8-6-12-4-2-10/h2*1-8H2. The van der Waals surface area contributed by atoms with E-state index < -0.39 is 0 Å². The summed E-state index contributed by atoms with van der Waals surface area (Å²) in [5.41, 5.74) is 0. The highest BCUT2D eigenvalue weighted by molar-refractivity contribution is 14.1. The molecule has 10 heteroatoms. The van der Waals surface area contributed by atoms with Crippen LogP contribution in [0.2, 0.25) is 0 Å². The van der Waals surface area contributed by atoms with Gasteiger partial charge in [0, 0.05) is 20.6 Å². The minimum atomic E-state index is 0.527. The van der Waals surface area contributed by atoms with Crippen LogP contribution in [0.4, 0.5) is 0 Å². The molecule has 0 fully saturated rings. The van der Waals surface area contributed by atoms with Gasteiger partial charge in [0.1, 0.15) is 0 Å². The molecule has 0 heterocycles. The third kappa shape index (κ3) is 33.4. The van der Waals surface area contributed by atoms with Crippen molar-refractivity contribution in [2.45, 2.75) is 0 Å². The molecule has 0 spiro atoms. The molecule has 0 bridgehead atoms. The summed E-state index contributed by atoms with van der Waals surface area (Å²) in [5.74, 6) is 1.05. The van der Waals surface area contributed by atoms with E-state index in [4.69, 9.17) is 51.6 Å². The lowest BCUT2D eigenvalue weighted by Gasteiger charge is -2.04. The molecule has 0 aromatic heterocycles. The van der Waals surface area contributed by atoms with Crippen LogP contribution in [0.5, 0.6) is 0 Å². The largest absolute Gasteiger partial charge is 0.378 e. The molecular weight excluding hydrogens is 613 g/mol. The highest BCUT2D eigenvalue weighted by atomic mass is 127. The summed E-state index contributed by atoms with van der Waals surface area (Å²) in [6, 6.07) is 0. The summed E-state index contributed by atoms with van der Waals surface area (Å²) in [5, 5.41) is 0. The van der Waals surface area contributed by atoms with Crippen LogP contribution in [0.25, 0.3) is 0 Å². The summed E-state index contributed by atoms with van der Waals surface area (Å²) in [6.45, 7) is 7.84. The van der Waals surface area contributed by atoms with Gasteiger partial charge in [-0.1, -0.05) is 45.2 Å². The quantitative estimate of drug-likeness (QED) is 0.115. The van der Waals surface area contributed by atoms with E-state index in [2.05, 4.69) is 45.2 Å². The minimum Gasteiger partial charge on any atom is -0.378 e. The van der Waals surface area contributed by atoms with Gasteiger partial charge in [0.25, 0.3) is 0 Å². The van der Waals surface area contributed by atoms with E-state index >= 15 is 0 Å². The second-order valence-corrected chi connectivity index (χ2v) is 7.34. The van der Waals surface area contributed by atoms with Gasteiger partial charge in [-0.3, -0.25) is 0 Å². The van der Waals surface area contributed by atoms with E-state index in [-0.39, 0.29) is 0 Å². The first kappa shape index (κ1) is 30.0. The Balaban J connectivity index is 0. The molecule has 0 saturated carbocycles. The Kier molecular flexibility index (Phi) is 36.3. The molecule has 26 heavy (non-hydrogen) atoms. The molecule has 0 unspecified atom stereocenters. The fourth-order valence-corrected chi connectivity index (χ4v) is 2.14. The zero-order valence-corrected chi connectivity index (χ0v) is 21.1. The van der Waals surface area contributed by atoms with E-state index in [0.717, 1.165) is 22.1 Å². The molecule has 0 atom stereocenters. The molecule has 0 N–H and O–H groups in total. The molecule has 6 nitrogen and oxygen atoms in total. The lowest BCUT2D eigenvalue weighted by molar-refractivity contribution is 0.0202. The summed E-state index contributed by atoms with van der Waals surface area (Å²) >= 11 is 15.4. The SMILES string of the molecule is ClCCOCCOCCOCCCl.ICCOCCOCCOCCI. The zero-order chi connectivity index (χ0) is 19.6. The third-order valence-corrected chi connectivity index (χ3v) is 3.56. The molecule has 0 aromatic rings. The summed E-state index contributed by atoms with van der Waals surface area (Å²) in [7, 11) is 0. The molecule has 0 aliphatic heterocycles. The van der Waals surface area contributed by atoms with Crippen LogP contribution in [0, 0.1) is 0 Å². The van der Waals surface area contributed by atoms with Gasteiger partial charge >= 0.3 is 0 Å². The molecule has 160 valence electrons. The average Bonchev–Trinajstić information content (AvgIpc) is 2.66. The Morgan fingerprint density at radius 3 is 0.846 bits per heavy atom. The number of ether oxygens (including phenoxy) is 6. The first-order valence-corrected chi connectivity index (χ1v) is 12.7. The van der Waals surface area contributed by atoms with Crippen molar-refractivity contribution in [3.63, 3.8) is 0 Å². The molecule has 0 rings (SSSR count). The Bertz CT molecular complexity index is 193. The predicted octanol–water partition coefficient (Wildman–Crippen LogP) is 3.42. The second-order valence-electron chi connectivity index (χ2n) is 4.43. The molecular formula is C16H32Cl2I2O6. The molecule has 0 amide bonds. The number of hydrogen-bond donors (Lipinski definition) is 0. The van der Waals surface area contributed by atoms with Crippen molar-refractivity contribution in [3.8, 4) is 0 Å². The van der Waals surface area contributed by atoms with Crippen LogP contribution in [-0.4, -0.2) is 99.9 Å². The summed E-state index contributed by atoms with van der Waals surface area (Å²) < 4.78 is 33.2. The van der Waals surface area contributed by atoms with E-state index in [1.165, 1.54) is 0 Å². The van der Waals surface area contributed by atoms with Gasteiger partial charge in [0.15, 0.2) is 0 Å². The highest BCUT2D eigenvalue weighted by Gasteiger charge is 1.91. The normalized spacial score (nSPS) is 10.6. The minimum absolute atomic E-state index is 0.527. The van der Waals surface area contributed by atoms with Crippen LogP contribution < -0.4 is 0 Å². The number of hydrogen-bond acceptors (Lipinski definition) is 6. The van der Waals surface area contributed by atoms with Crippen LogP contribution >= 0.6 is 68.4 Å². The summed E-state index contributed by atoms with van der Waals surface area (Å²) in [4.78, 5) is 0. The monoisotopic (exact) mass is 644 g/mol. The van der Waals surface area contributed by atoms with Gasteiger partial charge < -0.3 is 28.4 Å². The molecule has 0 aliphatic rings. The molecule has 0 aromatic carbocycles. The molecule has 0 saturated heterocycles. The second kappa shape index (κ2) is 31.5. The van der Waals surface area contributed by atoms with E-state index in [9.17, 15) is 0 Å². The number of alkyl halides is 4. The average molecular weight is 645 g/mol. The van der Waals surface area contributed by atoms with Crippen LogP contribution in [-0.2, 0) is 28.4 Å². The van der Waals surface area contributed by atoms with Gasteiger partial charge in [0.05, 0.1) is 79.3 Å². The van der Waals surface area contributed by atoms with Gasteiger partial charge in [-0.05, 0) is 0 Å². The first-order valence-electron chi connectivity index (χ1n) is 8.53. The van der Waals surface area contributed by atoms with Crippen LogP contribution in [0.3, 0.4) is 0 Å². The Morgan fingerprint density at radius 2 is 0.615 bits per heavy atom. The fraction of sp³-hybridized carbons (Fsp3) is 1.00. The van der Waals surface area contributed by atoms with Crippen molar-refractivity contribution in [1.29, 1.82) is 0 Å². The maximum Gasteiger partial charge on any atom is 0.0701 e. The van der Waals surface area contributed by atoms with Gasteiger partial charge in [-0.25, -0.2) is 0 Å². The van der Waals surface area contributed by atoms with Crippen molar-refractivity contribution in [3.05, 3.63) is 0 Å². The lowest BCUT2D eigenvalue weighted by atomic mass is 10.7. The van der Waals surface area contributed by atoms with Crippen molar-refractivity contribution in [1.82, 2.24) is 0 Å². The van der Waals surface area contributed by atoms with E-state index in [0.29, 0.717) is 77.8 Å². The Labute approximate surface area is 195 Å². The Morgan fingerprint density at radius 1 is 0.385 bits per heavy atom. The van der Waals surface area contributed by atoms with Crippen molar-refractivity contribution in [2.75, 3.05) is 99.9 Å². The molecule has 0 radical (unpaired) electrons. The first-order chi connectivity index (χ1) is 12.8. The van der Waals surface area contributed by atoms with Gasteiger partial charge in [0.2, 0.25) is 0 Å². The smallest absolute Gasteiger partial charge is 0.0701 e. The number of halogens is 4. The van der Waals surface area contributed by atoms with Crippen molar-refractivity contribution < 1.29 is 28.4 Å². The van der Waals surface area contributed by atoms with Crippen LogP contribution in [0.15, 0.2) is 0 Å². The maximum absolute atomic E-state index is 5.40. The fourth-order valence-electron chi connectivity index (χ4n) is 1.30. The lowest BCUT2D eigenvalue weighted by Crippen LogP contribution is -2.10. The Hall–Kier alpha value is 1.80. The van der Waals surface area contributed by atoms with Crippen molar-refractivity contribution >= 4 is 68.4 Å². The van der Waals surface area contributed by atoms with Gasteiger partial charge in [-0.15, -0.1) is 23.2 Å². The number of rotatable bonds is 20. The maximum atomic E-state index is 5.40. The zero-order valence-electron chi connectivity index (χ0n) is 15.3. The van der Waals surface area contributed by atoms with Crippen LogP contribution in [0.1, 0.15) is 0 Å².